The van der Waals surface area contributed by atoms with Crippen molar-refractivity contribution in [3.05, 3.63) is 69.8 Å². The Morgan fingerprint density at radius 2 is 1.77 bits per heavy atom. The Hall–Kier alpha value is -2.57. The van der Waals surface area contributed by atoms with E-state index in [1.165, 1.54) is 6.08 Å². The molecule has 0 unspecified atom stereocenters. The zero-order chi connectivity index (χ0) is 16.1. The van der Waals surface area contributed by atoms with Gasteiger partial charge in [0.2, 0.25) is 0 Å². The highest BCUT2D eigenvalue weighted by molar-refractivity contribution is 6.32. The summed E-state index contributed by atoms with van der Waals surface area (Å²) in [4.78, 5) is 12.3. The highest BCUT2D eigenvalue weighted by Gasteiger charge is 2.12. The van der Waals surface area contributed by atoms with Gasteiger partial charge in [-0.05, 0) is 42.7 Å². The fourth-order valence-electron chi connectivity index (χ4n) is 2.09. The molecule has 0 aliphatic rings. The molecule has 0 aromatic heterocycles. The molecule has 0 radical (unpaired) electrons. The molecule has 0 bridgehead atoms. The van der Waals surface area contributed by atoms with Crippen LogP contribution in [0.1, 0.15) is 16.7 Å². The van der Waals surface area contributed by atoms with Gasteiger partial charge in [0.25, 0.3) is 5.91 Å². The third-order valence-electron chi connectivity index (χ3n) is 3.29. The van der Waals surface area contributed by atoms with Gasteiger partial charge in [0.05, 0.1) is 0 Å². The zero-order valence-corrected chi connectivity index (χ0v) is 13.1. The molecule has 0 heterocycles. The van der Waals surface area contributed by atoms with Crippen LogP contribution in [0.15, 0.2) is 48.0 Å². The van der Waals surface area contributed by atoms with Gasteiger partial charge < -0.3 is 5.32 Å². The van der Waals surface area contributed by atoms with Crippen molar-refractivity contribution in [1.29, 1.82) is 5.26 Å². The van der Waals surface area contributed by atoms with Gasteiger partial charge in [0.1, 0.15) is 11.6 Å². The van der Waals surface area contributed by atoms with Crippen molar-refractivity contribution in [1.82, 2.24) is 0 Å². The first-order chi connectivity index (χ1) is 10.5. The van der Waals surface area contributed by atoms with Gasteiger partial charge in [-0.1, -0.05) is 48.0 Å². The Morgan fingerprint density at radius 3 is 2.36 bits per heavy atom. The molecule has 0 saturated heterocycles. The maximum absolute atomic E-state index is 12.3. The van der Waals surface area contributed by atoms with Crippen molar-refractivity contribution in [2.45, 2.75) is 13.8 Å². The van der Waals surface area contributed by atoms with Gasteiger partial charge in [-0.15, -0.1) is 0 Å². The maximum Gasteiger partial charge on any atom is 0.266 e. The molecular weight excluding hydrogens is 296 g/mol. The van der Waals surface area contributed by atoms with Crippen LogP contribution in [0.25, 0.3) is 6.08 Å². The minimum absolute atomic E-state index is 0.00996. The molecule has 2 rings (SSSR count). The van der Waals surface area contributed by atoms with Crippen molar-refractivity contribution in [3.8, 4) is 6.07 Å². The predicted molar refractivity (Wildman–Crippen MR) is 89.6 cm³/mol. The number of anilines is 1. The Balaban J connectivity index is 2.31. The highest BCUT2D eigenvalue weighted by atomic mass is 35.5. The summed E-state index contributed by atoms with van der Waals surface area (Å²) in [5.41, 5.74) is 3.27. The van der Waals surface area contributed by atoms with E-state index in [-0.39, 0.29) is 5.57 Å². The van der Waals surface area contributed by atoms with Crippen LogP contribution >= 0.6 is 11.6 Å². The fraction of sp³-hybridized carbons (Fsp3) is 0.111. The third kappa shape index (κ3) is 3.55. The number of hydrogen-bond donors (Lipinski definition) is 1. The summed E-state index contributed by atoms with van der Waals surface area (Å²) in [5, 5.41) is 12.5. The summed E-state index contributed by atoms with van der Waals surface area (Å²) < 4.78 is 0. The van der Waals surface area contributed by atoms with E-state index >= 15 is 0 Å². The lowest BCUT2D eigenvalue weighted by molar-refractivity contribution is -0.112. The van der Waals surface area contributed by atoms with Gasteiger partial charge in [0, 0.05) is 10.7 Å². The topological polar surface area (TPSA) is 52.9 Å². The fourth-order valence-corrected chi connectivity index (χ4v) is 2.28. The van der Waals surface area contributed by atoms with Crippen LogP contribution in [0.5, 0.6) is 0 Å². The normalized spacial score (nSPS) is 10.9. The van der Waals surface area contributed by atoms with Crippen LogP contribution in [0, 0.1) is 25.2 Å². The minimum atomic E-state index is -0.445. The molecule has 1 amide bonds. The van der Waals surface area contributed by atoms with E-state index in [1.54, 1.807) is 24.3 Å². The maximum atomic E-state index is 12.3. The second-order valence-corrected chi connectivity index (χ2v) is 5.32. The lowest BCUT2D eigenvalue weighted by Crippen LogP contribution is -2.15. The van der Waals surface area contributed by atoms with Crippen LogP contribution in [0.2, 0.25) is 5.02 Å². The molecule has 1 N–H and O–H groups in total. The van der Waals surface area contributed by atoms with Crippen molar-refractivity contribution in [3.63, 3.8) is 0 Å². The quantitative estimate of drug-likeness (QED) is 0.670. The standard InChI is InChI=1S/C18H15ClN2O/c1-12-6-5-7-13(2)17(12)21-18(22)15(11-20)10-14-8-3-4-9-16(14)19/h3-10H,1-2H3,(H,21,22)/b15-10+. The van der Waals surface area contributed by atoms with Gasteiger partial charge >= 0.3 is 0 Å². The number of carbonyl (C=O) groups excluding carboxylic acids is 1. The smallest absolute Gasteiger partial charge is 0.266 e. The van der Waals surface area contributed by atoms with Crippen molar-refractivity contribution in [2.24, 2.45) is 0 Å². The Bertz CT molecular complexity index is 768. The Labute approximate surface area is 134 Å². The SMILES string of the molecule is Cc1cccc(C)c1NC(=O)/C(C#N)=C/c1ccccc1Cl. The molecule has 0 spiro atoms. The van der Waals surface area contributed by atoms with Crippen molar-refractivity contribution in [2.75, 3.05) is 5.32 Å². The summed E-state index contributed by atoms with van der Waals surface area (Å²) in [7, 11) is 0. The summed E-state index contributed by atoms with van der Waals surface area (Å²) >= 11 is 6.05. The zero-order valence-electron chi connectivity index (χ0n) is 12.4. The van der Waals surface area contributed by atoms with Crippen LogP contribution in [0.4, 0.5) is 5.69 Å². The number of nitriles is 1. The number of carbonyl (C=O) groups is 1. The second kappa shape index (κ2) is 6.93. The number of hydrogen-bond acceptors (Lipinski definition) is 2. The average molecular weight is 311 g/mol. The van der Waals surface area contributed by atoms with Gasteiger partial charge in [-0.2, -0.15) is 5.26 Å². The van der Waals surface area contributed by atoms with Crippen molar-refractivity contribution < 1.29 is 4.79 Å². The van der Waals surface area contributed by atoms with E-state index in [2.05, 4.69) is 5.32 Å². The molecule has 4 heteroatoms. The number of amides is 1. The van der Waals surface area contributed by atoms with Crippen LogP contribution in [-0.4, -0.2) is 5.91 Å². The van der Waals surface area contributed by atoms with E-state index in [4.69, 9.17) is 11.6 Å². The summed E-state index contributed by atoms with van der Waals surface area (Å²) in [6.45, 7) is 3.82. The number of benzene rings is 2. The van der Waals surface area contributed by atoms with Crippen molar-refractivity contribution >= 4 is 29.3 Å². The molecular formula is C18H15ClN2O. The van der Waals surface area contributed by atoms with E-state index in [0.717, 1.165) is 16.8 Å². The Morgan fingerprint density at radius 1 is 1.14 bits per heavy atom. The molecule has 0 saturated carbocycles. The Kier molecular flexibility index (Phi) is 4.98. The van der Waals surface area contributed by atoms with Crippen LogP contribution < -0.4 is 5.32 Å². The predicted octanol–water partition coefficient (Wildman–Crippen LogP) is 4.50. The molecule has 0 fully saturated rings. The molecule has 22 heavy (non-hydrogen) atoms. The van der Waals surface area contributed by atoms with Crippen LogP contribution in [0.3, 0.4) is 0 Å². The summed E-state index contributed by atoms with van der Waals surface area (Å²) in [6.07, 6.45) is 1.49. The van der Waals surface area contributed by atoms with Gasteiger partial charge in [-0.3, -0.25) is 4.79 Å². The van der Waals surface area contributed by atoms with E-state index in [0.29, 0.717) is 10.6 Å². The number of halogens is 1. The van der Waals surface area contributed by atoms with Gasteiger partial charge in [0.15, 0.2) is 0 Å². The van der Waals surface area contributed by atoms with E-state index in [9.17, 15) is 10.1 Å². The molecule has 2 aromatic carbocycles. The van der Waals surface area contributed by atoms with Crippen LogP contribution in [-0.2, 0) is 4.79 Å². The molecule has 3 nitrogen and oxygen atoms in total. The lowest BCUT2D eigenvalue weighted by Gasteiger charge is -2.11. The van der Waals surface area contributed by atoms with Gasteiger partial charge in [-0.25, -0.2) is 0 Å². The number of rotatable bonds is 3. The van der Waals surface area contributed by atoms with E-state index < -0.39 is 5.91 Å². The largest absolute Gasteiger partial charge is 0.321 e. The second-order valence-electron chi connectivity index (χ2n) is 4.91. The minimum Gasteiger partial charge on any atom is -0.321 e. The number of nitrogens with zero attached hydrogens (tertiary/aromatic N) is 1. The number of aryl methyl sites for hydroxylation is 2. The average Bonchev–Trinajstić information content (AvgIpc) is 2.50. The first-order valence-corrected chi connectivity index (χ1v) is 7.14. The molecule has 0 aliphatic carbocycles. The molecule has 2 aromatic rings. The molecule has 0 atom stereocenters. The molecule has 0 aliphatic heterocycles. The number of para-hydroxylation sites is 1. The molecule has 110 valence electrons. The highest BCUT2D eigenvalue weighted by Crippen LogP contribution is 2.22. The third-order valence-corrected chi connectivity index (χ3v) is 3.63. The lowest BCUT2D eigenvalue weighted by atomic mass is 10.1. The summed E-state index contributed by atoms with van der Waals surface area (Å²) in [6, 6.07) is 14.7. The van der Waals surface area contributed by atoms with E-state index in [1.807, 2.05) is 38.1 Å². The monoisotopic (exact) mass is 310 g/mol. The number of nitrogens with one attached hydrogen (secondary N) is 1. The summed E-state index contributed by atoms with van der Waals surface area (Å²) in [5.74, 6) is -0.445. The first kappa shape index (κ1) is 15.8. The first-order valence-electron chi connectivity index (χ1n) is 6.77.